The van der Waals surface area contributed by atoms with Gasteiger partial charge in [0.15, 0.2) is 0 Å². The van der Waals surface area contributed by atoms with E-state index in [0.29, 0.717) is 10.7 Å². The van der Waals surface area contributed by atoms with Crippen molar-refractivity contribution in [3.05, 3.63) is 39.4 Å². The van der Waals surface area contributed by atoms with Crippen LogP contribution in [0.5, 0.6) is 0 Å². The van der Waals surface area contributed by atoms with Crippen LogP contribution in [0.25, 0.3) is 0 Å². The molecule has 0 aromatic heterocycles. The average Bonchev–Trinajstić information content (AvgIpc) is 2.16. The SMILES string of the molecule is O=[N+]([O-])/C(Br)=N\Nc1ccc(Cl)cc1. The highest BCUT2D eigenvalue weighted by molar-refractivity contribution is 9.18. The van der Waals surface area contributed by atoms with Crippen LogP contribution < -0.4 is 5.43 Å². The van der Waals surface area contributed by atoms with Crippen molar-refractivity contribution in [3.63, 3.8) is 0 Å². The van der Waals surface area contributed by atoms with Gasteiger partial charge in [0.25, 0.3) is 0 Å². The van der Waals surface area contributed by atoms with Crippen LogP contribution in [0, 0.1) is 10.1 Å². The standard InChI is InChI=1S/C7H5BrClN3O2/c8-7(12(13)14)11-10-6-3-1-5(9)2-4-6/h1-4,10H/b11-7-. The molecule has 0 saturated carbocycles. The van der Waals surface area contributed by atoms with Gasteiger partial charge < -0.3 is 10.1 Å². The second-order valence-corrected chi connectivity index (χ2v) is 3.40. The molecule has 0 amide bonds. The van der Waals surface area contributed by atoms with E-state index >= 15 is 0 Å². The van der Waals surface area contributed by atoms with Crippen molar-refractivity contribution in [2.24, 2.45) is 5.10 Å². The van der Waals surface area contributed by atoms with Crippen LogP contribution in [0.1, 0.15) is 0 Å². The Balaban J connectivity index is 2.66. The second kappa shape index (κ2) is 4.92. The van der Waals surface area contributed by atoms with Crippen molar-refractivity contribution >= 4 is 38.0 Å². The molecule has 1 rings (SSSR count). The molecule has 0 spiro atoms. The third kappa shape index (κ3) is 3.31. The number of hydrazone groups is 1. The molecule has 7 heteroatoms. The van der Waals surface area contributed by atoms with Gasteiger partial charge in [-0.2, -0.15) is 5.43 Å². The topological polar surface area (TPSA) is 67.5 Å². The third-order valence-electron chi connectivity index (χ3n) is 1.27. The molecular weight excluding hydrogens is 273 g/mol. The van der Waals surface area contributed by atoms with E-state index in [9.17, 15) is 10.1 Å². The fourth-order valence-electron chi connectivity index (χ4n) is 0.676. The average molecular weight is 278 g/mol. The normalized spacial score (nSPS) is 11.1. The van der Waals surface area contributed by atoms with Gasteiger partial charge in [-0.25, -0.2) is 0 Å². The van der Waals surface area contributed by atoms with Crippen LogP contribution in [0.15, 0.2) is 29.4 Å². The van der Waals surface area contributed by atoms with E-state index in [0.717, 1.165) is 0 Å². The molecule has 5 nitrogen and oxygen atoms in total. The Bertz CT molecular complexity index is 366. The van der Waals surface area contributed by atoms with E-state index in [2.05, 4.69) is 26.5 Å². The highest BCUT2D eigenvalue weighted by atomic mass is 79.9. The Morgan fingerprint density at radius 3 is 2.57 bits per heavy atom. The van der Waals surface area contributed by atoms with Crippen LogP contribution >= 0.6 is 27.5 Å². The van der Waals surface area contributed by atoms with E-state index in [-0.39, 0.29) is 4.74 Å². The maximum Gasteiger partial charge on any atom is 0.430 e. The van der Waals surface area contributed by atoms with Gasteiger partial charge in [-0.05, 0) is 29.2 Å². The Kier molecular flexibility index (Phi) is 3.84. The van der Waals surface area contributed by atoms with Crippen molar-refractivity contribution in [2.45, 2.75) is 0 Å². The first-order chi connectivity index (χ1) is 6.59. The summed E-state index contributed by atoms with van der Waals surface area (Å²) >= 11 is 8.32. The maximum atomic E-state index is 10.1. The zero-order chi connectivity index (χ0) is 10.6. The van der Waals surface area contributed by atoms with Crippen molar-refractivity contribution < 1.29 is 4.92 Å². The number of nitrogens with zero attached hydrogens (tertiary/aromatic N) is 2. The third-order valence-corrected chi connectivity index (χ3v) is 1.99. The van der Waals surface area contributed by atoms with Crippen LogP contribution in [-0.4, -0.2) is 9.67 Å². The predicted octanol–water partition coefficient (Wildman–Crippen LogP) is 2.69. The number of nitrogens with one attached hydrogen (secondary N) is 1. The molecule has 0 heterocycles. The zero-order valence-corrected chi connectivity index (χ0v) is 9.12. The first-order valence-corrected chi connectivity index (χ1v) is 4.66. The molecule has 0 saturated heterocycles. The summed E-state index contributed by atoms with van der Waals surface area (Å²) in [6, 6.07) is 6.62. The number of anilines is 1. The summed E-state index contributed by atoms with van der Waals surface area (Å²) in [5, 5.41) is 14.2. The smallest absolute Gasteiger partial charge is 0.357 e. The van der Waals surface area contributed by atoms with Crippen LogP contribution in [0.2, 0.25) is 5.02 Å². The minimum atomic E-state index is -0.650. The summed E-state index contributed by atoms with van der Waals surface area (Å²) in [6.45, 7) is 0. The number of nitro groups is 1. The molecule has 1 aromatic rings. The van der Waals surface area contributed by atoms with Gasteiger partial charge in [-0.1, -0.05) is 11.6 Å². The summed E-state index contributed by atoms with van der Waals surface area (Å²) in [5.74, 6) is 0. The number of hydrogen-bond acceptors (Lipinski definition) is 4. The van der Waals surface area contributed by atoms with Crippen LogP contribution in [0.4, 0.5) is 5.69 Å². The van der Waals surface area contributed by atoms with Gasteiger partial charge in [0.05, 0.1) is 26.7 Å². The maximum absolute atomic E-state index is 10.1. The number of hydrogen-bond donors (Lipinski definition) is 1. The van der Waals surface area contributed by atoms with Gasteiger partial charge in [-0.15, -0.1) is 0 Å². The van der Waals surface area contributed by atoms with Crippen molar-refractivity contribution in [2.75, 3.05) is 5.43 Å². The molecule has 1 aromatic carbocycles. The number of halogens is 2. The summed E-state index contributed by atoms with van der Waals surface area (Å²) < 4.78 is -0.382. The molecule has 74 valence electrons. The lowest BCUT2D eigenvalue weighted by Gasteiger charge is -1.94. The van der Waals surface area contributed by atoms with Gasteiger partial charge in [0.2, 0.25) is 0 Å². The number of amidine groups is 1. The lowest BCUT2D eigenvalue weighted by molar-refractivity contribution is -0.342. The predicted molar refractivity (Wildman–Crippen MR) is 58.4 cm³/mol. The Hall–Kier alpha value is -1.14. The summed E-state index contributed by atoms with van der Waals surface area (Å²) in [6.07, 6.45) is 0. The monoisotopic (exact) mass is 277 g/mol. The highest BCUT2D eigenvalue weighted by Gasteiger charge is 2.05. The molecule has 0 aliphatic rings. The van der Waals surface area contributed by atoms with Crippen LogP contribution in [-0.2, 0) is 0 Å². The van der Waals surface area contributed by atoms with E-state index in [1.165, 1.54) is 0 Å². The molecule has 0 aliphatic heterocycles. The quantitative estimate of drug-likeness (QED) is 0.297. The first kappa shape index (κ1) is 10.9. The lowest BCUT2D eigenvalue weighted by atomic mass is 10.3. The zero-order valence-electron chi connectivity index (χ0n) is 6.78. The van der Waals surface area contributed by atoms with E-state index in [4.69, 9.17) is 11.6 Å². The van der Waals surface area contributed by atoms with E-state index in [1.54, 1.807) is 24.3 Å². The molecule has 0 radical (unpaired) electrons. The molecule has 0 aliphatic carbocycles. The number of benzene rings is 1. The number of rotatable bonds is 2. The largest absolute Gasteiger partial charge is 0.430 e. The molecule has 0 atom stereocenters. The molecule has 0 bridgehead atoms. The molecule has 1 N–H and O–H groups in total. The van der Waals surface area contributed by atoms with Crippen LogP contribution in [0.3, 0.4) is 0 Å². The van der Waals surface area contributed by atoms with Gasteiger partial charge in [0, 0.05) is 5.02 Å². The van der Waals surface area contributed by atoms with Gasteiger partial charge in [-0.3, -0.25) is 0 Å². The fraction of sp³-hybridized carbons (Fsp3) is 0. The second-order valence-electron chi connectivity index (χ2n) is 2.26. The Morgan fingerprint density at radius 2 is 2.07 bits per heavy atom. The summed E-state index contributed by atoms with van der Waals surface area (Å²) in [4.78, 5) is 9.49. The van der Waals surface area contributed by atoms with Crippen molar-refractivity contribution in [1.29, 1.82) is 0 Å². The summed E-state index contributed by atoms with van der Waals surface area (Å²) in [5.41, 5.74) is 3.11. The minimum absolute atomic E-state index is 0.382. The van der Waals surface area contributed by atoms with E-state index < -0.39 is 4.92 Å². The fourth-order valence-corrected chi connectivity index (χ4v) is 0.891. The molecular formula is C7H5BrClN3O2. The van der Waals surface area contributed by atoms with Gasteiger partial charge >= 0.3 is 4.74 Å². The summed E-state index contributed by atoms with van der Waals surface area (Å²) in [7, 11) is 0. The molecule has 0 unspecified atom stereocenters. The van der Waals surface area contributed by atoms with Crippen molar-refractivity contribution in [3.8, 4) is 0 Å². The molecule has 0 fully saturated rings. The van der Waals surface area contributed by atoms with Crippen molar-refractivity contribution in [1.82, 2.24) is 0 Å². The lowest BCUT2D eigenvalue weighted by Crippen LogP contribution is -2.05. The van der Waals surface area contributed by atoms with Gasteiger partial charge in [0.1, 0.15) is 0 Å². The first-order valence-electron chi connectivity index (χ1n) is 3.49. The van der Waals surface area contributed by atoms with E-state index in [1.807, 2.05) is 0 Å². The molecule has 14 heavy (non-hydrogen) atoms. The Morgan fingerprint density at radius 1 is 1.50 bits per heavy atom. The highest BCUT2D eigenvalue weighted by Crippen LogP contribution is 2.13. The minimum Gasteiger partial charge on any atom is -0.357 e. The Labute approximate surface area is 93.0 Å².